The summed E-state index contributed by atoms with van der Waals surface area (Å²) in [6, 6.07) is 15.0. The van der Waals surface area contributed by atoms with E-state index in [9.17, 15) is 22.0 Å². The quantitative estimate of drug-likeness (QED) is 0.355. The number of hydrogen-bond donors (Lipinski definition) is 1. The lowest BCUT2D eigenvalue weighted by Gasteiger charge is -2.14. The van der Waals surface area contributed by atoms with E-state index in [1.165, 1.54) is 31.2 Å². The fourth-order valence-corrected chi connectivity index (χ4v) is 4.29. The van der Waals surface area contributed by atoms with E-state index >= 15 is 0 Å². The highest BCUT2D eigenvalue weighted by Gasteiger charge is 2.25. The van der Waals surface area contributed by atoms with Crippen molar-refractivity contribution in [2.75, 3.05) is 4.72 Å². The van der Waals surface area contributed by atoms with Crippen molar-refractivity contribution in [1.29, 1.82) is 0 Å². The predicted molar refractivity (Wildman–Crippen MR) is 122 cm³/mol. The van der Waals surface area contributed by atoms with Crippen molar-refractivity contribution < 1.29 is 31.1 Å². The molecule has 1 unspecified atom stereocenters. The van der Waals surface area contributed by atoms with Crippen molar-refractivity contribution in [2.45, 2.75) is 24.8 Å². The highest BCUT2D eigenvalue weighted by molar-refractivity contribution is 7.92. The summed E-state index contributed by atoms with van der Waals surface area (Å²) in [5.74, 6) is -2.70. The van der Waals surface area contributed by atoms with E-state index in [0.717, 1.165) is 11.6 Å². The molecule has 0 saturated carbocycles. The molecule has 0 aliphatic heterocycles. The molecule has 1 N–H and O–H groups in total. The van der Waals surface area contributed by atoms with E-state index in [2.05, 4.69) is 14.9 Å². The van der Waals surface area contributed by atoms with Crippen LogP contribution in [0.5, 0.6) is 0 Å². The van der Waals surface area contributed by atoms with Gasteiger partial charge in [-0.3, -0.25) is 4.72 Å². The summed E-state index contributed by atoms with van der Waals surface area (Å²) in [5.41, 5.74) is 1.42. The van der Waals surface area contributed by atoms with Crippen molar-refractivity contribution in [3.63, 3.8) is 0 Å². The highest BCUT2D eigenvalue weighted by Crippen LogP contribution is 2.27. The maximum Gasteiger partial charge on any atom is 0.341 e. The maximum absolute atomic E-state index is 14.0. The van der Waals surface area contributed by atoms with Crippen molar-refractivity contribution in [3.8, 4) is 11.5 Å². The molecular formula is C24H19F2N3O5S. The Morgan fingerprint density at radius 2 is 1.74 bits per heavy atom. The van der Waals surface area contributed by atoms with Crippen LogP contribution in [0.3, 0.4) is 0 Å². The Balaban J connectivity index is 1.53. The zero-order valence-electron chi connectivity index (χ0n) is 18.5. The van der Waals surface area contributed by atoms with Crippen molar-refractivity contribution >= 4 is 21.7 Å². The van der Waals surface area contributed by atoms with Gasteiger partial charge in [0.05, 0.1) is 11.3 Å². The topological polar surface area (TPSA) is 111 Å². The molecule has 8 nitrogen and oxygen atoms in total. The number of hydrogen-bond acceptors (Lipinski definition) is 7. The van der Waals surface area contributed by atoms with Crippen molar-refractivity contribution in [1.82, 2.24) is 10.2 Å². The largest absolute Gasteiger partial charge is 0.449 e. The van der Waals surface area contributed by atoms with E-state index in [-0.39, 0.29) is 23.0 Å². The molecule has 1 atom stereocenters. The Labute approximate surface area is 199 Å². The van der Waals surface area contributed by atoms with Gasteiger partial charge >= 0.3 is 5.97 Å². The summed E-state index contributed by atoms with van der Waals surface area (Å²) in [6.45, 7) is 3.45. The van der Waals surface area contributed by atoms with Gasteiger partial charge in [-0.2, -0.15) is 0 Å². The molecule has 0 aliphatic carbocycles. The lowest BCUT2D eigenvalue weighted by Crippen LogP contribution is -2.18. The van der Waals surface area contributed by atoms with Crippen LogP contribution in [0.15, 0.2) is 76.0 Å². The number of halogens is 2. The third-order valence-corrected chi connectivity index (χ3v) is 6.33. The minimum absolute atomic E-state index is 0.0359. The molecule has 1 heterocycles. The first-order chi connectivity index (χ1) is 16.6. The number of para-hydroxylation sites is 1. The molecule has 3 aromatic carbocycles. The van der Waals surface area contributed by atoms with Gasteiger partial charge in [-0.05, 0) is 56.3 Å². The van der Waals surface area contributed by atoms with Crippen LogP contribution >= 0.6 is 0 Å². The summed E-state index contributed by atoms with van der Waals surface area (Å²) in [7, 11) is -4.55. The Kier molecular flexibility index (Phi) is 6.61. The molecule has 0 aliphatic rings. The van der Waals surface area contributed by atoms with Gasteiger partial charge in [0.1, 0.15) is 16.5 Å². The SMILES string of the molecule is Cc1ccc(-c2nnc(C(C)OC(=O)c3ccccc3NS(=O)(=O)c3cc(F)ccc3F)o2)cc1. The van der Waals surface area contributed by atoms with Crippen LogP contribution in [0.2, 0.25) is 0 Å². The van der Waals surface area contributed by atoms with Crippen molar-refractivity contribution in [2.24, 2.45) is 0 Å². The summed E-state index contributed by atoms with van der Waals surface area (Å²) in [5, 5.41) is 7.88. The van der Waals surface area contributed by atoms with Gasteiger partial charge in [0, 0.05) is 5.56 Å². The van der Waals surface area contributed by atoms with Crippen molar-refractivity contribution in [3.05, 3.63) is 95.4 Å². The molecular weight excluding hydrogens is 480 g/mol. The van der Waals surface area contributed by atoms with Gasteiger partial charge in [-0.25, -0.2) is 22.0 Å². The Bertz CT molecular complexity index is 1490. The molecule has 4 aromatic rings. The second kappa shape index (κ2) is 9.63. The number of nitrogens with one attached hydrogen (secondary N) is 1. The highest BCUT2D eigenvalue weighted by atomic mass is 32.2. The van der Waals surface area contributed by atoms with E-state index in [1.807, 2.05) is 31.2 Å². The molecule has 11 heteroatoms. The lowest BCUT2D eigenvalue weighted by atomic mass is 10.1. The number of benzene rings is 3. The average Bonchev–Trinajstić information content (AvgIpc) is 3.31. The molecule has 0 bridgehead atoms. The second-order valence-electron chi connectivity index (χ2n) is 7.58. The zero-order chi connectivity index (χ0) is 25.2. The van der Waals surface area contributed by atoms with E-state index < -0.39 is 38.6 Å². The van der Waals surface area contributed by atoms with Crippen LogP contribution in [0, 0.1) is 18.6 Å². The first-order valence-corrected chi connectivity index (χ1v) is 11.8. The van der Waals surface area contributed by atoms with Gasteiger partial charge in [0.2, 0.25) is 5.89 Å². The molecule has 4 rings (SSSR count). The summed E-state index contributed by atoms with van der Waals surface area (Å²) in [4.78, 5) is 11.9. The number of esters is 1. The number of carbonyl (C=O) groups is 1. The first-order valence-electron chi connectivity index (χ1n) is 10.3. The third-order valence-electron chi connectivity index (χ3n) is 4.94. The Morgan fingerprint density at radius 3 is 2.49 bits per heavy atom. The minimum Gasteiger partial charge on any atom is -0.449 e. The number of anilines is 1. The Hall–Kier alpha value is -4.12. The monoisotopic (exact) mass is 499 g/mol. The lowest BCUT2D eigenvalue weighted by molar-refractivity contribution is 0.0281. The molecule has 35 heavy (non-hydrogen) atoms. The number of sulfonamides is 1. The molecule has 0 fully saturated rings. The van der Waals surface area contributed by atoms with Gasteiger partial charge in [0.25, 0.3) is 15.9 Å². The van der Waals surface area contributed by atoms with Gasteiger partial charge < -0.3 is 9.15 Å². The van der Waals surface area contributed by atoms with Gasteiger partial charge in [-0.1, -0.05) is 29.8 Å². The molecule has 0 spiro atoms. The number of aromatic nitrogens is 2. The van der Waals surface area contributed by atoms with Gasteiger partial charge in [-0.15, -0.1) is 10.2 Å². The van der Waals surface area contributed by atoms with Crippen LogP contribution in [0.1, 0.15) is 34.8 Å². The molecule has 1 aromatic heterocycles. The number of carbonyl (C=O) groups excluding carboxylic acids is 1. The molecule has 0 radical (unpaired) electrons. The van der Waals surface area contributed by atoms with Crippen LogP contribution in [0.4, 0.5) is 14.5 Å². The van der Waals surface area contributed by atoms with E-state index in [4.69, 9.17) is 9.15 Å². The summed E-state index contributed by atoms with van der Waals surface area (Å²) >= 11 is 0. The fraction of sp³-hybridized carbons (Fsp3) is 0.125. The maximum atomic E-state index is 14.0. The van der Waals surface area contributed by atoms with Crippen LogP contribution in [0.25, 0.3) is 11.5 Å². The number of ether oxygens (including phenoxy) is 1. The minimum atomic E-state index is -4.55. The predicted octanol–water partition coefficient (Wildman–Crippen LogP) is 5.04. The zero-order valence-corrected chi connectivity index (χ0v) is 19.3. The normalized spacial score (nSPS) is 12.2. The number of aryl methyl sites for hydroxylation is 1. The second-order valence-corrected chi connectivity index (χ2v) is 9.24. The first kappa shape index (κ1) is 24.0. The smallest absolute Gasteiger partial charge is 0.341 e. The number of nitrogens with zero attached hydrogens (tertiary/aromatic N) is 2. The summed E-state index contributed by atoms with van der Waals surface area (Å²) < 4.78 is 65.9. The van der Waals surface area contributed by atoms with E-state index in [0.29, 0.717) is 17.7 Å². The molecule has 180 valence electrons. The number of rotatable bonds is 7. The third kappa shape index (κ3) is 5.35. The van der Waals surface area contributed by atoms with Crippen LogP contribution < -0.4 is 4.72 Å². The standard InChI is InChI=1S/C24H19F2N3O5S/c1-14-7-9-16(10-8-14)23-28-27-22(34-23)15(2)33-24(30)18-5-3-4-6-20(18)29-35(31,32)21-13-17(25)11-12-19(21)26/h3-13,15,29H,1-2H3. The molecule has 0 amide bonds. The molecule has 0 saturated heterocycles. The van der Waals surface area contributed by atoms with Crippen LogP contribution in [-0.2, 0) is 14.8 Å². The van der Waals surface area contributed by atoms with E-state index in [1.54, 1.807) is 0 Å². The van der Waals surface area contributed by atoms with Crippen LogP contribution in [-0.4, -0.2) is 24.6 Å². The van der Waals surface area contributed by atoms with Gasteiger partial charge in [0.15, 0.2) is 6.10 Å². The fourth-order valence-electron chi connectivity index (χ4n) is 3.12. The average molecular weight is 499 g/mol. The Morgan fingerprint density at radius 1 is 1.03 bits per heavy atom. The summed E-state index contributed by atoms with van der Waals surface area (Å²) in [6.07, 6.45) is -0.959.